The number of hydrogen-bond donors (Lipinski definition) is 7. The lowest BCUT2D eigenvalue weighted by molar-refractivity contribution is -0.153. The minimum Gasteiger partial charge on any atom is -0.478 e. The third kappa shape index (κ3) is 7.51. The van der Waals surface area contributed by atoms with Gasteiger partial charge in [-0.3, -0.25) is 14.1 Å². The Labute approximate surface area is 242 Å². The van der Waals surface area contributed by atoms with Gasteiger partial charge in [-0.05, 0) is 0 Å². The molecule has 2 atom stereocenters. The number of nitrogens with one attached hydrogen (secondary N) is 3. The fourth-order valence-corrected chi connectivity index (χ4v) is 5.05. The maximum atomic E-state index is 13.0. The SMILES string of the molecule is CNC(=O)NCCN.Nc1nc(/C(=N/OC2(C(=O)O)CC2)C(=O)NC2C(=O)N(S(=O)(=O)O)C2CN2CCOC2=O)cs1. The monoisotopic (exact) mass is 635 g/mol. The largest absolute Gasteiger partial charge is 0.478 e. The third-order valence-electron chi connectivity index (χ3n) is 6.00. The number of carbonyl (C=O) groups excluding carboxylic acids is 4. The lowest BCUT2D eigenvalue weighted by atomic mass is 9.97. The number of nitrogens with two attached hydrogens (primary N) is 2. The lowest BCUT2D eigenvalue weighted by Gasteiger charge is -2.45. The molecule has 4 rings (SSSR count). The second kappa shape index (κ2) is 13.1. The number of nitrogens with zero attached hydrogens (tertiary/aromatic N) is 4. The van der Waals surface area contributed by atoms with Gasteiger partial charge in [-0.1, -0.05) is 5.16 Å². The highest BCUT2D eigenvalue weighted by Crippen LogP contribution is 2.40. The molecule has 1 aromatic rings. The molecule has 2 unspecified atom stereocenters. The van der Waals surface area contributed by atoms with Crippen LogP contribution < -0.4 is 27.4 Å². The van der Waals surface area contributed by atoms with Crippen LogP contribution in [0.15, 0.2) is 10.5 Å². The molecule has 3 fully saturated rings. The van der Waals surface area contributed by atoms with Gasteiger partial charge < -0.3 is 47.0 Å². The van der Waals surface area contributed by atoms with Crippen LogP contribution in [0, 0.1) is 0 Å². The van der Waals surface area contributed by atoms with Crippen molar-refractivity contribution >= 4 is 62.4 Å². The molecule has 0 radical (unpaired) electrons. The standard InChI is InChI=1S/C16H18N6O10S2.C4H11N3O/c17-14-18-7(6-33-14)9(20-32-16(1-2-16)13(25)26)11(23)19-10-8(5-21-3-4-31-15(21)27)22(12(10)24)34(28,29)30;1-6-4(8)7-3-2-5/h6,8,10H,1-5H2,(H2,17,18)(H,19,23)(H,25,26)(H,28,29,30);2-3,5H2,1H3,(H2,6,7,8)/b20-9-;. The summed E-state index contributed by atoms with van der Waals surface area (Å²) in [5.41, 5.74) is 8.53. The van der Waals surface area contributed by atoms with Crippen molar-refractivity contribution in [1.82, 2.24) is 30.1 Å². The highest BCUT2D eigenvalue weighted by molar-refractivity contribution is 7.84. The van der Waals surface area contributed by atoms with Crippen LogP contribution in [0.4, 0.5) is 14.7 Å². The van der Waals surface area contributed by atoms with Crippen LogP contribution in [-0.2, 0) is 34.3 Å². The predicted octanol–water partition coefficient (Wildman–Crippen LogP) is -3.11. The molecule has 2 saturated heterocycles. The Hall–Kier alpha value is -4.28. The Morgan fingerprint density at radius 2 is 2.02 bits per heavy atom. The summed E-state index contributed by atoms with van der Waals surface area (Å²) in [6.07, 6.45) is -0.423. The number of β-lactam (4-membered cyclic amide) rings is 1. The van der Waals surface area contributed by atoms with Crippen molar-refractivity contribution in [2.45, 2.75) is 30.5 Å². The first-order valence-electron chi connectivity index (χ1n) is 12.1. The van der Waals surface area contributed by atoms with Gasteiger partial charge in [0, 0.05) is 44.9 Å². The van der Waals surface area contributed by atoms with Crippen LogP contribution in [0.5, 0.6) is 0 Å². The van der Waals surface area contributed by atoms with Crippen molar-refractivity contribution < 1.29 is 51.6 Å². The van der Waals surface area contributed by atoms with Crippen molar-refractivity contribution in [3.05, 3.63) is 11.1 Å². The first-order valence-corrected chi connectivity index (χ1v) is 14.4. The molecule has 5 amide bonds. The second-order valence-corrected chi connectivity index (χ2v) is 11.1. The Morgan fingerprint density at radius 3 is 2.50 bits per heavy atom. The summed E-state index contributed by atoms with van der Waals surface area (Å²) in [4.78, 5) is 68.9. The summed E-state index contributed by atoms with van der Waals surface area (Å²) < 4.78 is 37.6. The number of aromatic nitrogens is 1. The molecule has 1 aromatic heterocycles. The summed E-state index contributed by atoms with van der Waals surface area (Å²) >= 11 is 0.959. The number of urea groups is 1. The molecule has 20 nitrogen and oxygen atoms in total. The van der Waals surface area contributed by atoms with E-state index in [4.69, 9.17) is 21.0 Å². The summed E-state index contributed by atoms with van der Waals surface area (Å²) in [6, 6.07) is -3.00. The van der Waals surface area contributed by atoms with E-state index in [-0.39, 0.29) is 53.7 Å². The van der Waals surface area contributed by atoms with Gasteiger partial charge in [0.2, 0.25) is 5.60 Å². The van der Waals surface area contributed by atoms with Crippen molar-refractivity contribution in [2.24, 2.45) is 10.9 Å². The molecule has 1 saturated carbocycles. The molecule has 22 heteroatoms. The van der Waals surface area contributed by atoms with Gasteiger partial charge in [-0.2, -0.15) is 8.42 Å². The Balaban J connectivity index is 0.000000531. The highest BCUT2D eigenvalue weighted by Gasteiger charge is 2.56. The van der Waals surface area contributed by atoms with Gasteiger partial charge in [-0.15, -0.1) is 11.3 Å². The number of amides is 5. The van der Waals surface area contributed by atoms with Gasteiger partial charge in [0.1, 0.15) is 18.3 Å². The molecule has 42 heavy (non-hydrogen) atoms. The van der Waals surface area contributed by atoms with Crippen molar-refractivity contribution in [3.63, 3.8) is 0 Å². The molecule has 0 spiro atoms. The number of oxime groups is 1. The molecule has 2 aliphatic heterocycles. The number of thiazole rings is 1. The van der Waals surface area contributed by atoms with Crippen molar-refractivity contribution in [1.29, 1.82) is 0 Å². The van der Waals surface area contributed by atoms with Gasteiger partial charge in [-0.25, -0.2) is 23.7 Å². The molecule has 0 aromatic carbocycles. The van der Waals surface area contributed by atoms with E-state index in [1.807, 2.05) is 0 Å². The average Bonchev–Trinajstić information content (AvgIpc) is 3.44. The zero-order valence-corrected chi connectivity index (χ0v) is 23.6. The molecule has 9 N–H and O–H groups in total. The van der Waals surface area contributed by atoms with E-state index in [1.54, 1.807) is 7.05 Å². The van der Waals surface area contributed by atoms with Gasteiger partial charge >= 0.3 is 28.4 Å². The van der Waals surface area contributed by atoms with E-state index < -0.39 is 57.6 Å². The number of carbonyl (C=O) groups is 5. The number of carboxylic acid groups (broad SMARTS) is 1. The van der Waals surface area contributed by atoms with Crippen LogP contribution >= 0.6 is 11.3 Å². The summed E-state index contributed by atoms with van der Waals surface area (Å²) in [6.45, 7) is 0.809. The normalized spacial score (nSPS) is 20.9. The van der Waals surface area contributed by atoms with Crippen LogP contribution in [-0.4, -0.2) is 125 Å². The molecule has 0 bridgehead atoms. The van der Waals surface area contributed by atoms with E-state index in [0.717, 1.165) is 16.2 Å². The van der Waals surface area contributed by atoms with E-state index in [2.05, 4.69) is 26.1 Å². The first kappa shape index (κ1) is 32.2. The number of hydrogen-bond acceptors (Lipinski definition) is 14. The summed E-state index contributed by atoms with van der Waals surface area (Å²) in [5, 5.41) is 21.5. The number of aliphatic carboxylic acids is 1. The molecule has 3 heterocycles. The molecular weight excluding hydrogens is 606 g/mol. The number of carboxylic acids is 1. The van der Waals surface area contributed by atoms with Gasteiger partial charge in [0.25, 0.3) is 11.8 Å². The van der Waals surface area contributed by atoms with E-state index >= 15 is 0 Å². The zero-order chi connectivity index (χ0) is 31.2. The number of rotatable bonds is 11. The minimum atomic E-state index is -4.99. The van der Waals surface area contributed by atoms with Crippen molar-refractivity contribution in [3.8, 4) is 0 Å². The topological polar surface area (TPSA) is 298 Å². The summed E-state index contributed by atoms with van der Waals surface area (Å²) in [5.74, 6) is -3.48. The molecular formula is C20H29N9O11S2. The summed E-state index contributed by atoms with van der Waals surface area (Å²) in [7, 11) is -3.42. The highest BCUT2D eigenvalue weighted by atomic mass is 32.2. The third-order valence-corrected chi connectivity index (χ3v) is 7.62. The smallest absolute Gasteiger partial charge is 0.410 e. The van der Waals surface area contributed by atoms with Crippen LogP contribution in [0.3, 0.4) is 0 Å². The van der Waals surface area contributed by atoms with Gasteiger partial charge in [0.05, 0.1) is 12.6 Å². The predicted molar refractivity (Wildman–Crippen MR) is 142 cm³/mol. The maximum Gasteiger partial charge on any atom is 0.410 e. The Kier molecular flexibility index (Phi) is 10.1. The first-order chi connectivity index (χ1) is 19.7. The van der Waals surface area contributed by atoms with E-state index in [0.29, 0.717) is 13.1 Å². The number of anilines is 1. The molecule has 232 valence electrons. The second-order valence-electron chi connectivity index (χ2n) is 8.89. The Morgan fingerprint density at radius 1 is 1.33 bits per heavy atom. The van der Waals surface area contributed by atoms with Crippen molar-refractivity contribution in [2.75, 3.05) is 45.6 Å². The van der Waals surface area contributed by atoms with Gasteiger partial charge in [0.15, 0.2) is 10.8 Å². The quantitative estimate of drug-likeness (QED) is 0.0548. The maximum absolute atomic E-state index is 13.0. The average molecular weight is 636 g/mol. The minimum absolute atomic E-state index is 0.0487. The number of ether oxygens (including phenoxy) is 1. The number of nitrogen functional groups attached to an aromatic ring is 1. The van der Waals surface area contributed by atoms with E-state index in [1.165, 1.54) is 5.38 Å². The van der Waals surface area contributed by atoms with Crippen LogP contribution in [0.25, 0.3) is 0 Å². The van der Waals surface area contributed by atoms with E-state index in [9.17, 15) is 42.0 Å². The van der Waals surface area contributed by atoms with Crippen LogP contribution in [0.1, 0.15) is 18.5 Å². The molecule has 1 aliphatic carbocycles. The fourth-order valence-electron chi connectivity index (χ4n) is 3.63. The molecule has 3 aliphatic rings. The van der Waals surface area contributed by atoms with Crippen LogP contribution in [0.2, 0.25) is 0 Å². The zero-order valence-electron chi connectivity index (χ0n) is 22.0. The lowest BCUT2D eigenvalue weighted by Crippen LogP contribution is -2.74. The fraction of sp³-hybridized carbons (Fsp3) is 0.550. The Bertz CT molecular complexity index is 1360. The number of cyclic esters (lactones) is 1.